The van der Waals surface area contributed by atoms with Crippen molar-refractivity contribution < 1.29 is 9.59 Å². The van der Waals surface area contributed by atoms with Crippen LogP contribution in [0.1, 0.15) is 30.0 Å². The Balaban J connectivity index is 1.75. The lowest BCUT2D eigenvalue weighted by molar-refractivity contribution is -0.119. The summed E-state index contributed by atoms with van der Waals surface area (Å²) >= 11 is 1.82. The van der Waals surface area contributed by atoms with Crippen molar-refractivity contribution in [2.45, 2.75) is 39.8 Å². The van der Waals surface area contributed by atoms with Crippen LogP contribution < -0.4 is 10.6 Å². The number of thiophene rings is 1. The standard InChI is InChI=1S/C18H28N4O2S/c1-13(2)20-17(24)22-7-6-21(9-15-5-4-14(3)25-15)11-18(12-22)8-16(23)19-10-18/h4-5,13H,6-12H2,1-3H3,(H,19,23)(H,20,24)/t18-/m0/s1. The van der Waals surface area contributed by atoms with Crippen LogP contribution in [-0.4, -0.2) is 60.5 Å². The van der Waals surface area contributed by atoms with Gasteiger partial charge in [-0.2, -0.15) is 0 Å². The van der Waals surface area contributed by atoms with E-state index in [9.17, 15) is 9.59 Å². The Morgan fingerprint density at radius 2 is 2.16 bits per heavy atom. The maximum atomic E-state index is 12.5. The summed E-state index contributed by atoms with van der Waals surface area (Å²) in [5.74, 6) is 0.0954. The molecule has 2 aliphatic heterocycles. The van der Waals surface area contributed by atoms with E-state index in [0.29, 0.717) is 26.1 Å². The molecule has 0 unspecified atom stereocenters. The summed E-state index contributed by atoms with van der Waals surface area (Å²) in [7, 11) is 0. The quantitative estimate of drug-likeness (QED) is 0.860. The van der Waals surface area contributed by atoms with Gasteiger partial charge in [0.05, 0.1) is 0 Å². The zero-order valence-corrected chi connectivity index (χ0v) is 16.1. The van der Waals surface area contributed by atoms with Crippen LogP contribution in [-0.2, 0) is 11.3 Å². The first-order chi connectivity index (χ1) is 11.8. The molecule has 2 saturated heterocycles. The molecule has 3 heterocycles. The largest absolute Gasteiger partial charge is 0.355 e. The average molecular weight is 365 g/mol. The summed E-state index contributed by atoms with van der Waals surface area (Å²) in [6, 6.07) is 4.41. The first-order valence-electron chi connectivity index (χ1n) is 8.95. The van der Waals surface area contributed by atoms with E-state index in [1.807, 2.05) is 30.1 Å². The number of aryl methyl sites for hydroxylation is 1. The number of carbonyl (C=O) groups is 2. The van der Waals surface area contributed by atoms with Gasteiger partial charge in [0.1, 0.15) is 0 Å². The maximum Gasteiger partial charge on any atom is 0.317 e. The molecule has 0 saturated carbocycles. The number of hydrogen-bond acceptors (Lipinski definition) is 4. The molecule has 2 N–H and O–H groups in total. The highest BCUT2D eigenvalue weighted by Gasteiger charge is 2.43. The zero-order chi connectivity index (χ0) is 18.0. The molecule has 25 heavy (non-hydrogen) atoms. The maximum absolute atomic E-state index is 12.5. The van der Waals surface area contributed by atoms with Crippen LogP contribution in [0.3, 0.4) is 0 Å². The number of amides is 3. The fourth-order valence-electron chi connectivity index (χ4n) is 3.76. The Bertz CT molecular complexity index is 645. The van der Waals surface area contributed by atoms with E-state index in [-0.39, 0.29) is 23.4 Å². The molecule has 0 radical (unpaired) electrons. The monoisotopic (exact) mass is 364 g/mol. The molecule has 0 aliphatic carbocycles. The summed E-state index contributed by atoms with van der Waals surface area (Å²) in [5, 5.41) is 5.97. The zero-order valence-electron chi connectivity index (χ0n) is 15.3. The number of hydrogen-bond donors (Lipinski definition) is 2. The van der Waals surface area contributed by atoms with Gasteiger partial charge in [-0.15, -0.1) is 11.3 Å². The van der Waals surface area contributed by atoms with Crippen LogP contribution in [0.5, 0.6) is 0 Å². The molecule has 1 aromatic rings. The predicted octanol–water partition coefficient (Wildman–Crippen LogP) is 1.80. The van der Waals surface area contributed by atoms with Crippen molar-refractivity contribution in [3.63, 3.8) is 0 Å². The van der Waals surface area contributed by atoms with Gasteiger partial charge in [-0.1, -0.05) is 0 Å². The van der Waals surface area contributed by atoms with Crippen molar-refractivity contribution in [3.8, 4) is 0 Å². The van der Waals surface area contributed by atoms with Crippen LogP contribution in [0.4, 0.5) is 4.79 Å². The summed E-state index contributed by atoms with van der Waals surface area (Å²) in [6.45, 7) is 10.6. The Morgan fingerprint density at radius 3 is 2.76 bits per heavy atom. The smallest absolute Gasteiger partial charge is 0.317 e. The molecule has 1 aromatic heterocycles. The van der Waals surface area contributed by atoms with Gasteiger partial charge in [-0.05, 0) is 32.9 Å². The lowest BCUT2D eigenvalue weighted by Crippen LogP contribution is -2.48. The van der Waals surface area contributed by atoms with Gasteiger partial charge in [0.15, 0.2) is 0 Å². The number of nitrogens with zero attached hydrogens (tertiary/aromatic N) is 2. The third-order valence-electron chi connectivity index (χ3n) is 4.84. The molecular formula is C18H28N4O2S. The summed E-state index contributed by atoms with van der Waals surface area (Å²) in [6.07, 6.45) is 0.498. The van der Waals surface area contributed by atoms with Crippen LogP contribution in [0.25, 0.3) is 0 Å². The minimum absolute atomic E-state index is 0.0254. The highest BCUT2D eigenvalue weighted by molar-refractivity contribution is 7.11. The number of rotatable bonds is 3. The number of carbonyl (C=O) groups excluding carboxylic acids is 2. The molecule has 2 fully saturated rings. The molecule has 3 rings (SSSR count). The van der Waals surface area contributed by atoms with Gasteiger partial charge in [0.25, 0.3) is 0 Å². The molecule has 138 valence electrons. The third-order valence-corrected chi connectivity index (χ3v) is 5.83. The molecule has 0 bridgehead atoms. The third kappa shape index (κ3) is 4.52. The number of urea groups is 1. The Labute approximate surface area is 153 Å². The second kappa shape index (κ2) is 7.33. The molecule has 0 aromatic carbocycles. The van der Waals surface area contributed by atoms with Crippen molar-refractivity contribution in [1.82, 2.24) is 20.4 Å². The molecular weight excluding hydrogens is 336 g/mol. The van der Waals surface area contributed by atoms with Gasteiger partial charge in [-0.3, -0.25) is 9.69 Å². The fraction of sp³-hybridized carbons (Fsp3) is 0.667. The van der Waals surface area contributed by atoms with Gasteiger partial charge in [0.2, 0.25) is 5.91 Å². The first-order valence-corrected chi connectivity index (χ1v) is 9.77. The Kier molecular flexibility index (Phi) is 5.34. The summed E-state index contributed by atoms with van der Waals surface area (Å²) < 4.78 is 0. The SMILES string of the molecule is Cc1ccc(CN2CCN(C(=O)NC(C)C)C[C@@]3(CNC(=O)C3)C2)s1. The highest BCUT2D eigenvalue weighted by Crippen LogP contribution is 2.32. The number of nitrogens with one attached hydrogen (secondary N) is 2. The second-order valence-corrected chi connectivity index (χ2v) is 9.07. The van der Waals surface area contributed by atoms with Crippen LogP contribution in [0, 0.1) is 12.3 Å². The Morgan fingerprint density at radius 1 is 1.36 bits per heavy atom. The van der Waals surface area contributed by atoms with Gasteiger partial charge in [-0.25, -0.2) is 4.79 Å². The van der Waals surface area contributed by atoms with Crippen LogP contribution in [0.15, 0.2) is 12.1 Å². The molecule has 1 atom stereocenters. The lowest BCUT2D eigenvalue weighted by atomic mass is 9.86. The van der Waals surface area contributed by atoms with Gasteiger partial charge < -0.3 is 15.5 Å². The summed E-state index contributed by atoms with van der Waals surface area (Å²) in [4.78, 5) is 31.4. The molecule has 1 spiro atoms. The van der Waals surface area contributed by atoms with Gasteiger partial charge in [0, 0.05) is 66.9 Å². The van der Waals surface area contributed by atoms with Crippen LogP contribution in [0.2, 0.25) is 0 Å². The van der Waals surface area contributed by atoms with E-state index in [0.717, 1.165) is 19.6 Å². The van der Waals surface area contributed by atoms with E-state index < -0.39 is 0 Å². The summed E-state index contributed by atoms with van der Waals surface area (Å²) in [5.41, 5.74) is -0.186. The van der Waals surface area contributed by atoms with Crippen molar-refractivity contribution in [1.29, 1.82) is 0 Å². The topological polar surface area (TPSA) is 64.7 Å². The van der Waals surface area contributed by atoms with Crippen molar-refractivity contribution in [2.24, 2.45) is 5.41 Å². The molecule has 7 heteroatoms. The van der Waals surface area contributed by atoms with Gasteiger partial charge >= 0.3 is 6.03 Å². The lowest BCUT2D eigenvalue weighted by Gasteiger charge is -2.33. The van der Waals surface area contributed by atoms with Crippen molar-refractivity contribution >= 4 is 23.3 Å². The molecule has 2 aliphatic rings. The average Bonchev–Trinajstić information content (AvgIpc) is 3.02. The molecule has 3 amide bonds. The van der Waals surface area contributed by atoms with Crippen molar-refractivity contribution in [2.75, 3.05) is 32.7 Å². The van der Waals surface area contributed by atoms with E-state index in [1.165, 1.54) is 9.75 Å². The second-order valence-electron chi connectivity index (χ2n) is 7.70. The van der Waals surface area contributed by atoms with E-state index >= 15 is 0 Å². The normalized spacial score (nSPS) is 24.6. The minimum atomic E-state index is -0.186. The fourth-order valence-corrected chi connectivity index (χ4v) is 4.69. The van der Waals surface area contributed by atoms with E-state index in [4.69, 9.17) is 0 Å². The molecule has 6 nitrogen and oxygen atoms in total. The highest BCUT2D eigenvalue weighted by atomic mass is 32.1. The Hall–Kier alpha value is -1.60. The van der Waals surface area contributed by atoms with Crippen molar-refractivity contribution in [3.05, 3.63) is 21.9 Å². The predicted molar refractivity (Wildman–Crippen MR) is 99.6 cm³/mol. The van der Waals surface area contributed by atoms with E-state index in [1.54, 1.807) is 0 Å². The van der Waals surface area contributed by atoms with Crippen LogP contribution >= 0.6 is 11.3 Å². The minimum Gasteiger partial charge on any atom is -0.355 e. The van der Waals surface area contributed by atoms with E-state index in [2.05, 4.69) is 34.6 Å². The first kappa shape index (κ1) is 18.2.